The van der Waals surface area contributed by atoms with Crippen molar-refractivity contribution >= 4 is 23.5 Å². The third kappa shape index (κ3) is 2.83. The first-order chi connectivity index (χ1) is 9.82. The Morgan fingerprint density at radius 2 is 2.05 bits per heavy atom. The third-order valence-electron chi connectivity index (χ3n) is 3.56. The van der Waals surface area contributed by atoms with E-state index in [1.165, 1.54) is 5.56 Å². The van der Waals surface area contributed by atoms with Crippen LogP contribution in [-0.2, 0) is 8.82 Å². The van der Waals surface area contributed by atoms with E-state index in [-0.39, 0.29) is 10.2 Å². The van der Waals surface area contributed by atoms with Crippen molar-refractivity contribution in [3.8, 4) is 6.19 Å². The summed E-state index contributed by atoms with van der Waals surface area (Å²) >= 11 is 3.69. The van der Waals surface area contributed by atoms with Crippen LogP contribution in [-0.4, -0.2) is 30.7 Å². The van der Waals surface area contributed by atoms with Crippen molar-refractivity contribution in [1.82, 2.24) is 4.90 Å². The lowest BCUT2D eigenvalue weighted by Gasteiger charge is -2.36. The Hall–Kier alpha value is -1.09. The fourth-order valence-electron chi connectivity index (χ4n) is 2.58. The molecule has 1 aromatic carbocycles. The van der Waals surface area contributed by atoms with Crippen LogP contribution in [0.3, 0.4) is 0 Å². The van der Waals surface area contributed by atoms with Crippen LogP contribution in [0.5, 0.6) is 0 Å². The molecule has 2 aliphatic rings. The molecule has 1 saturated heterocycles. The topological polar surface area (TPSA) is 36.3 Å². The average Bonchev–Trinajstić information content (AvgIpc) is 2.98. The number of ether oxygens (including phenoxy) is 1. The smallest absolute Gasteiger partial charge is 0.179 e. The first-order valence-electron chi connectivity index (χ1n) is 6.65. The fourth-order valence-corrected chi connectivity index (χ4v) is 5.13. The van der Waals surface area contributed by atoms with Gasteiger partial charge in [0.25, 0.3) is 0 Å². The lowest BCUT2D eigenvalue weighted by Crippen LogP contribution is -2.42. The van der Waals surface area contributed by atoms with Gasteiger partial charge in [0.2, 0.25) is 0 Å². The van der Waals surface area contributed by atoms with Gasteiger partial charge in [-0.25, -0.2) is 0 Å². The highest BCUT2D eigenvalue weighted by atomic mass is 32.2. The maximum absolute atomic E-state index is 9.05. The third-order valence-corrected chi connectivity index (χ3v) is 6.42. The Bertz CT molecular complexity index is 518. The van der Waals surface area contributed by atoms with Crippen LogP contribution >= 0.6 is 23.5 Å². The summed E-state index contributed by atoms with van der Waals surface area (Å²) in [5.74, 6) is 0. The molecule has 1 aromatic rings. The molecular formula is C15H16N2OS2. The molecule has 1 unspecified atom stereocenters. The zero-order valence-electron chi connectivity index (χ0n) is 11.1. The molecule has 0 saturated carbocycles. The van der Waals surface area contributed by atoms with Gasteiger partial charge in [-0.2, -0.15) is 5.26 Å². The van der Waals surface area contributed by atoms with Crippen molar-refractivity contribution in [2.75, 3.05) is 19.7 Å². The molecule has 0 bridgehead atoms. The van der Waals surface area contributed by atoms with E-state index in [1.807, 2.05) is 29.6 Å². The van der Waals surface area contributed by atoms with Gasteiger partial charge in [-0.05, 0) is 16.4 Å². The highest BCUT2D eigenvalue weighted by Gasteiger charge is 2.39. The van der Waals surface area contributed by atoms with E-state index >= 15 is 0 Å². The zero-order chi connectivity index (χ0) is 13.8. The summed E-state index contributed by atoms with van der Waals surface area (Å²) in [5, 5.41) is 13.4. The van der Waals surface area contributed by atoms with Crippen LogP contribution in [0.25, 0.3) is 0 Å². The van der Waals surface area contributed by atoms with Gasteiger partial charge in [-0.1, -0.05) is 30.3 Å². The van der Waals surface area contributed by atoms with Gasteiger partial charge >= 0.3 is 0 Å². The minimum atomic E-state index is -0.00953. The van der Waals surface area contributed by atoms with E-state index in [0.717, 1.165) is 6.42 Å². The molecule has 20 heavy (non-hydrogen) atoms. The number of nitrogens with zero attached hydrogens (tertiary/aromatic N) is 2. The van der Waals surface area contributed by atoms with E-state index in [0.29, 0.717) is 19.7 Å². The molecule has 3 rings (SSSR count). The quantitative estimate of drug-likeness (QED) is 0.800. The van der Waals surface area contributed by atoms with Gasteiger partial charge in [0.15, 0.2) is 6.19 Å². The standard InChI is InChI=1S/C15H16N2OS2/c16-12-17-6-7-18-14(11-17)10-15(19-8-9-20-15)13-4-2-1-3-5-13/h1-5,8-9,14H,6-7,10-11H2. The van der Waals surface area contributed by atoms with Crippen molar-refractivity contribution in [3.05, 3.63) is 46.7 Å². The zero-order valence-corrected chi connectivity index (χ0v) is 12.7. The number of rotatable bonds is 3. The molecule has 0 aliphatic carbocycles. The van der Waals surface area contributed by atoms with E-state index in [9.17, 15) is 0 Å². The van der Waals surface area contributed by atoms with Crippen molar-refractivity contribution in [1.29, 1.82) is 5.26 Å². The number of hydrogen-bond donors (Lipinski definition) is 0. The lowest BCUT2D eigenvalue weighted by atomic mass is 10.0. The second kappa shape index (κ2) is 6.13. The molecule has 3 nitrogen and oxygen atoms in total. The van der Waals surface area contributed by atoms with Crippen LogP contribution in [0.15, 0.2) is 41.1 Å². The Labute approximate surface area is 128 Å². The first-order valence-corrected chi connectivity index (χ1v) is 8.41. The minimum Gasteiger partial charge on any atom is -0.374 e. The van der Waals surface area contributed by atoms with Crippen LogP contribution in [0.4, 0.5) is 0 Å². The highest BCUT2D eigenvalue weighted by molar-refractivity contribution is 8.22. The average molecular weight is 304 g/mol. The Morgan fingerprint density at radius 1 is 1.30 bits per heavy atom. The minimum absolute atomic E-state index is 0.00953. The Morgan fingerprint density at radius 3 is 2.75 bits per heavy atom. The summed E-state index contributed by atoms with van der Waals surface area (Å²) in [6.45, 7) is 2.06. The second-order valence-electron chi connectivity index (χ2n) is 4.87. The van der Waals surface area contributed by atoms with Gasteiger partial charge in [-0.15, -0.1) is 23.5 Å². The molecule has 2 aliphatic heterocycles. The van der Waals surface area contributed by atoms with E-state index in [2.05, 4.69) is 41.3 Å². The SMILES string of the molecule is N#CN1CCOC(CC2(c3ccccc3)SC=CS2)C1. The van der Waals surface area contributed by atoms with E-state index in [4.69, 9.17) is 10.00 Å². The number of nitriles is 1. The van der Waals surface area contributed by atoms with Gasteiger partial charge < -0.3 is 9.64 Å². The first kappa shape index (κ1) is 13.9. The molecule has 1 fully saturated rings. The predicted molar refractivity (Wildman–Crippen MR) is 84.0 cm³/mol. The van der Waals surface area contributed by atoms with Gasteiger partial charge in [0.1, 0.15) is 0 Å². The summed E-state index contributed by atoms with van der Waals surface area (Å²) in [5.41, 5.74) is 1.32. The Kier molecular flexibility index (Phi) is 4.25. The predicted octanol–water partition coefficient (Wildman–Crippen LogP) is 3.36. The molecule has 0 N–H and O–H groups in total. The van der Waals surface area contributed by atoms with Gasteiger partial charge in [0.05, 0.1) is 29.9 Å². The summed E-state index contributed by atoms with van der Waals surface area (Å²) in [7, 11) is 0. The number of hydrogen-bond acceptors (Lipinski definition) is 5. The summed E-state index contributed by atoms with van der Waals surface area (Å²) in [6, 6.07) is 10.6. The largest absolute Gasteiger partial charge is 0.374 e. The second-order valence-corrected chi connectivity index (χ2v) is 7.54. The summed E-state index contributed by atoms with van der Waals surface area (Å²) in [6.07, 6.45) is 3.26. The van der Waals surface area contributed by atoms with Crippen molar-refractivity contribution in [2.45, 2.75) is 16.6 Å². The Balaban J connectivity index is 1.77. The van der Waals surface area contributed by atoms with Crippen LogP contribution in [0.2, 0.25) is 0 Å². The normalized spacial score (nSPS) is 24.6. The number of morpholine rings is 1. The molecule has 0 radical (unpaired) electrons. The molecule has 2 heterocycles. The summed E-state index contributed by atoms with van der Waals surface area (Å²) in [4.78, 5) is 1.80. The van der Waals surface area contributed by atoms with E-state index in [1.54, 1.807) is 4.90 Å². The van der Waals surface area contributed by atoms with Crippen molar-refractivity contribution in [3.63, 3.8) is 0 Å². The van der Waals surface area contributed by atoms with Crippen molar-refractivity contribution < 1.29 is 4.74 Å². The molecule has 1 atom stereocenters. The van der Waals surface area contributed by atoms with Crippen LogP contribution < -0.4 is 0 Å². The molecule has 0 aromatic heterocycles. The molecule has 0 spiro atoms. The maximum Gasteiger partial charge on any atom is 0.179 e. The van der Waals surface area contributed by atoms with Crippen molar-refractivity contribution in [2.24, 2.45) is 0 Å². The van der Waals surface area contributed by atoms with Crippen LogP contribution in [0, 0.1) is 11.5 Å². The lowest BCUT2D eigenvalue weighted by molar-refractivity contribution is -0.0151. The van der Waals surface area contributed by atoms with E-state index < -0.39 is 0 Å². The maximum atomic E-state index is 9.05. The number of thioether (sulfide) groups is 2. The molecular weight excluding hydrogens is 288 g/mol. The summed E-state index contributed by atoms with van der Waals surface area (Å²) < 4.78 is 5.86. The highest BCUT2D eigenvalue weighted by Crippen LogP contribution is 2.55. The van der Waals surface area contributed by atoms with Gasteiger partial charge in [-0.3, -0.25) is 0 Å². The van der Waals surface area contributed by atoms with Gasteiger partial charge in [0, 0.05) is 6.42 Å². The molecule has 104 valence electrons. The molecule has 0 amide bonds. The number of benzene rings is 1. The fraction of sp³-hybridized carbons (Fsp3) is 0.400. The molecule has 5 heteroatoms. The van der Waals surface area contributed by atoms with Crippen LogP contribution in [0.1, 0.15) is 12.0 Å². The monoisotopic (exact) mass is 304 g/mol.